The molecule has 4 rings (SSSR count). The van der Waals surface area contributed by atoms with E-state index < -0.39 is 11.7 Å². The Bertz CT molecular complexity index is 855. The lowest BCUT2D eigenvalue weighted by Crippen LogP contribution is -2.41. The molecule has 3 heterocycles. The first-order valence-electron chi connectivity index (χ1n) is 9.59. The number of aromatic amines is 1. The van der Waals surface area contributed by atoms with Gasteiger partial charge in [0.05, 0.1) is 18.2 Å². The molecule has 1 unspecified atom stereocenters. The van der Waals surface area contributed by atoms with Crippen LogP contribution in [-0.4, -0.2) is 53.2 Å². The number of H-pyrrole nitrogens is 1. The highest BCUT2D eigenvalue weighted by atomic mass is 19.1. The van der Waals surface area contributed by atoms with Crippen molar-refractivity contribution in [1.82, 2.24) is 15.1 Å². The Morgan fingerprint density at radius 3 is 2.71 bits per heavy atom. The van der Waals surface area contributed by atoms with Crippen molar-refractivity contribution in [1.29, 1.82) is 0 Å². The highest BCUT2D eigenvalue weighted by Gasteiger charge is 2.31. The standard InChI is InChI=1S/C20H23FN4O3/c21-15-3-1-2-4-16(15)22-19(26)18-11-17(23-24-18)13-5-8-25(9-6-13)20(27)14-7-10-28-12-14/h1-4,11,13-14H,5-10,12H2,(H,22,26)(H,23,24). The number of amides is 2. The monoisotopic (exact) mass is 386 g/mol. The van der Waals surface area contributed by atoms with Gasteiger partial charge in [-0.15, -0.1) is 0 Å². The Balaban J connectivity index is 1.34. The van der Waals surface area contributed by atoms with Crippen LogP contribution in [-0.2, 0) is 9.53 Å². The van der Waals surface area contributed by atoms with Gasteiger partial charge in [0.25, 0.3) is 5.91 Å². The summed E-state index contributed by atoms with van der Waals surface area (Å²) < 4.78 is 19.0. The summed E-state index contributed by atoms with van der Waals surface area (Å²) in [6, 6.07) is 7.72. The third-order valence-electron chi connectivity index (χ3n) is 5.48. The van der Waals surface area contributed by atoms with Gasteiger partial charge >= 0.3 is 0 Å². The summed E-state index contributed by atoms with van der Waals surface area (Å²) in [6.07, 6.45) is 2.44. The number of nitrogens with zero attached hydrogens (tertiary/aromatic N) is 2. The second-order valence-corrected chi connectivity index (χ2v) is 7.30. The van der Waals surface area contributed by atoms with Gasteiger partial charge in [-0.05, 0) is 37.5 Å². The fraction of sp³-hybridized carbons (Fsp3) is 0.450. The van der Waals surface area contributed by atoms with Crippen LogP contribution in [0, 0.1) is 11.7 Å². The number of hydrogen-bond acceptors (Lipinski definition) is 4. The predicted octanol–water partition coefficient (Wildman–Crippen LogP) is 2.54. The van der Waals surface area contributed by atoms with E-state index in [2.05, 4.69) is 15.5 Å². The lowest BCUT2D eigenvalue weighted by Gasteiger charge is -2.32. The highest BCUT2D eigenvalue weighted by molar-refractivity contribution is 6.03. The van der Waals surface area contributed by atoms with E-state index in [1.807, 2.05) is 4.90 Å². The zero-order valence-corrected chi connectivity index (χ0v) is 15.5. The second kappa shape index (κ2) is 8.10. The number of carbonyl (C=O) groups excluding carboxylic acids is 2. The molecule has 2 fully saturated rings. The molecule has 2 aliphatic heterocycles. The Hall–Kier alpha value is -2.74. The molecule has 2 saturated heterocycles. The van der Waals surface area contributed by atoms with Gasteiger partial charge in [-0.3, -0.25) is 14.7 Å². The molecule has 2 aromatic rings. The molecule has 1 aromatic heterocycles. The number of ether oxygens (including phenoxy) is 1. The summed E-state index contributed by atoms with van der Waals surface area (Å²) in [6.45, 7) is 2.57. The van der Waals surface area contributed by atoms with Gasteiger partial charge in [0.1, 0.15) is 5.82 Å². The van der Waals surface area contributed by atoms with Gasteiger partial charge in [-0.2, -0.15) is 5.10 Å². The van der Waals surface area contributed by atoms with Crippen molar-refractivity contribution < 1.29 is 18.7 Å². The SMILES string of the molecule is O=C(Nc1ccccc1F)c1cc(C2CCN(C(=O)C3CCOC3)CC2)[nH]n1. The topological polar surface area (TPSA) is 87.3 Å². The van der Waals surface area contributed by atoms with Crippen LogP contribution in [0.4, 0.5) is 10.1 Å². The quantitative estimate of drug-likeness (QED) is 0.845. The van der Waals surface area contributed by atoms with Crippen molar-refractivity contribution in [2.24, 2.45) is 5.92 Å². The number of likely N-dealkylation sites (tertiary alicyclic amines) is 1. The van der Waals surface area contributed by atoms with Gasteiger partial charge in [-0.25, -0.2) is 4.39 Å². The summed E-state index contributed by atoms with van der Waals surface area (Å²) in [7, 11) is 0. The average Bonchev–Trinajstić information content (AvgIpc) is 3.42. The molecular formula is C20H23FN4O3. The van der Waals surface area contributed by atoms with Gasteiger partial charge in [0, 0.05) is 31.3 Å². The first kappa shape index (κ1) is 18.6. The zero-order chi connectivity index (χ0) is 19.5. The highest BCUT2D eigenvalue weighted by Crippen LogP contribution is 2.29. The number of carbonyl (C=O) groups is 2. The molecule has 1 atom stereocenters. The van der Waals surface area contributed by atoms with E-state index in [1.165, 1.54) is 12.1 Å². The van der Waals surface area contributed by atoms with Crippen molar-refractivity contribution in [3.63, 3.8) is 0 Å². The molecular weight excluding hydrogens is 363 g/mol. The molecule has 148 valence electrons. The van der Waals surface area contributed by atoms with Crippen LogP contribution in [0.15, 0.2) is 30.3 Å². The van der Waals surface area contributed by atoms with E-state index in [9.17, 15) is 14.0 Å². The first-order valence-corrected chi connectivity index (χ1v) is 9.59. The number of benzene rings is 1. The van der Waals surface area contributed by atoms with Crippen molar-refractivity contribution in [2.75, 3.05) is 31.6 Å². The van der Waals surface area contributed by atoms with E-state index in [4.69, 9.17) is 4.74 Å². The van der Waals surface area contributed by atoms with Crippen LogP contribution in [0.5, 0.6) is 0 Å². The van der Waals surface area contributed by atoms with E-state index in [0.29, 0.717) is 26.3 Å². The summed E-state index contributed by atoms with van der Waals surface area (Å²) >= 11 is 0. The summed E-state index contributed by atoms with van der Waals surface area (Å²) in [4.78, 5) is 26.7. The maximum Gasteiger partial charge on any atom is 0.276 e. The van der Waals surface area contributed by atoms with Crippen molar-refractivity contribution >= 4 is 17.5 Å². The number of anilines is 1. The van der Waals surface area contributed by atoms with Crippen LogP contribution in [0.3, 0.4) is 0 Å². The molecule has 0 aliphatic carbocycles. The largest absolute Gasteiger partial charge is 0.381 e. The maximum atomic E-state index is 13.7. The number of halogens is 1. The van der Waals surface area contributed by atoms with Crippen LogP contribution in [0.1, 0.15) is 41.4 Å². The minimum absolute atomic E-state index is 0.00242. The molecule has 7 nitrogen and oxygen atoms in total. The van der Waals surface area contributed by atoms with E-state index in [-0.39, 0.29) is 29.1 Å². The molecule has 2 amide bonds. The van der Waals surface area contributed by atoms with Gasteiger partial charge in [0.2, 0.25) is 5.91 Å². The van der Waals surface area contributed by atoms with E-state index in [1.54, 1.807) is 18.2 Å². The average molecular weight is 386 g/mol. The molecule has 1 aromatic carbocycles. The molecule has 2 N–H and O–H groups in total. The van der Waals surface area contributed by atoms with E-state index in [0.717, 1.165) is 25.0 Å². The third-order valence-corrected chi connectivity index (χ3v) is 5.48. The smallest absolute Gasteiger partial charge is 0.276 e. The number of para-hydroxylation sites is 1. The molecule has 28 heavy (non-hydrogen) atoms. The predicted molar refractivity (Wildman–Crippen MR) is 100 cm³/mol. The van der Waals surface area contributed by atoms with Crippen LogP contribution in [0.2, 0.25) is 0 Å². The Morgan fingerprint density at radius 1 is 1.21 bits per heavy atom. The van der Waals surface area contributed by atoms with E-state index >= 15 is 0 Å². The fourth-order valence-electron chi connectivity index (χ4n) is 3.81. The number of piperidine rings is 1. The third kappa shape index (κ3) is 3.91. The lowest BCUT2D eigenvalue weighted by atomic mass is 9.92. The second-order valence-electron chi connectivity index (χ2n) is 7.30. The summed E-state index contributed by atoms with van der Waals surface area (Å²) in [5, 5.41) is 9.54. The maximum absolute atomic E-state index is 13.7. The Labute approximate surface area is 162 Å². The van der Waals surface area contributed by atoms with Crippen molar-refractivity contribution in [2.45, 2.75) is 25.2 Å². The van der Waals surface area contributed by atoms with Gasteiger partial charge in [-0.1, -0.05) is 12.1 Å². The molecule has 2 aliphatic rings. The fourth-order valence-corrected chi connectivity index (χ4v) is 3.81. The summed E-state index contributed by atoms with van der Waals surface area (Å²) in [5.41, 5.74) is 1.22. The minimum Gasteiger partial charge on any atom is -0.381 e. The van der Waals surface area contributed by atoms with Crippen LogP contribution >= 0.6 is 0 Å². The molecule has 0 radical (unpaired) electrons. The molecule has 0 spiro atoms. The van der Waals surface area contributed by atoms with Gasteiger partial charge in [0.15, 0.2) is 5.69 Å². The number of hydrogen-bond donors (Lipinski definition) is 2. The zero-order valence-electron chi connectivity index (χ0n) is 15.5. The van der Waals surface area contributed by atoms with Crippen LogP contribution in [0.25, 0.3) is 0 Å². The van der Waals surface area contributed by atoms with Crippen molar-refractivity contribution in [3.05, 3.63) is 47.5 Å². The minimum atomic E-state index is -0.490. The number of rotatable bonds is 4. The van der Waals surface area contributed by atoms with Crippen LogP contribution < -0.4 is 5.32 Å². The summed E-state index contributed by atoms with van der Waals surface area (Å²) in [5.74, 6) is -0.549. The number of nitrogens with one attached hydrogen (secondary N) is 2. The molecule has 8 heteroatoms. The first-order chi connectivity index (χ1) is 13.6. The van der Waals surface area contributed by atoms with Gasteiger partial charge < -0.3 is 15.0 Å². The molecule has 0 bridgehead atoms. The molecule has 0 saturated carbocycles. The van der Waals surface area contributed by atoms with Crippen molar-refractivity contribution in [3.8, 4) is 0 Å². The Kier molecular flexibility index (Phi) is 5.38. The lowest BCUT2D eigenvalue weighted by molar-refractivity contribution is -0.136. The normalized spacial score (nSPS) is 20.3. The Morgan fingerprint density at radius 2 is 2.00 bits per heavy atom. The number of aromatic nitrogens is 2.